The Balaban J connectivity index is 0.00000243. The van der Waals surface area contributed by atoms with Crippen molar-refractivity contribution in [2.75, 3.05) is 38.6 Å². The Kier molecular flexibility index (Phi) is 7.66. The molecule has 1 aliphatic rings. The number of benzene rings is 1. The number of carbonyl (C=O) groups is 1. The maximum Gasteiger partial charge on any atom is 0.238 e. The molecule has 1 fully saturated rings. The first-order valence-electron chi connectivity index (χ1n) is 8.15. The molecule has 3 rings (SSSR count). The van der Waals surface area contributed by atoms with Crippen molar-refractivity contribution in [2.45, 2.75) is 6.04 Å². The molecule has 1 saturated heterocycles. The fourth-order valence-electron chi connectivity index (χ4n) is 2.99. The number of rotatable bonds is 5. The highest BCUT2D eigenvalue weighted by molar-refractivity contribution is 6.31. The number of amides is 1. The Bertz CT molecular complexity index is 730. The average molecular weight is 397 g/mol. The second kappa shape index (κ2) is 9.73. The van der Waals surface area contributed by atoms with Gasteiger partial charge in [-0.3, -0.25) is 14.7 Å². The normalized spacial score (nSPS) is 17.2. The molecule has 1 aliphatic heterocycles. The van der Waals surface area contributed by atoms with Gasteiger partial charge in [0, 0.05) is 43.1 Å². The number of nitrogens with zero attached hydrogens (tertiary/aromatic N) is 2. The van der Waals surface area contributed by atoms with Crippen LogP contribution in [0.5, 0.6) is 5.75 Å². The van der Waals surface area contributed by atoms with Gasteiger partial charge >= 0.3 is 0 Å². The van der Waals surface area contributed by atoms with Crippen molar-refractivity contribution in [3.05, 3.63) is 53.3 Å². The van der Waals surface area contributed by atoms with Gasteiger partial charge in [-0.25, -0.2) is 0 Å². The average Bonchev–Trinajstić information content (AvgIpc) is 2.63. The summed E-state index contributed by atoms with van der Waals surface area (Å²) in [4.78, 5) is 18.9. The van der Waals surface area contributed by atoms with Crippen LogP contribution in [0.4, 0.5) is 5.69 Å². The number of aromatic nitrogens is 1. The van der Waals surface area contributed by atoms with Gasteiger partial charge in [-0.1, -0.05) is 17.7 Å². The summed E-state index contributed by atoms with van der Waals surface area (Å²) in [5, 5.41) is 6.82. The minimum absolute atomic E-state index is 0. The van der Waals surface area contributed by atoms with Gasteiger partial charge in [0.1, 0.15) is 5.75 Å². The molecule has 0 aliphatic carbocycles. The van der Waals surface area contributed by atoms with E-state index in [-0.39, 0.29) is 30.9 Å². The molecule has 8 heteroatoms. The predicted octanol–water partition coefficient (Wildman–Crippen LogP) is 2.75. The SMILES string of the molecule is COc1ccc(Cl)cc1NC(=O)CN1CCNCC1c1cccnc1.Cl. The molecular weight excluding hydrogens is 375 g/mol. The summed E-state index contributed by atoms with van der Waals surface area (Å²) in [5.41, 5.74) is 1.68. The maximum atomic E-state index is 12.5. The van der Waals surface area contributed by atoms with Gasteiger partial charge in [0.25, 0.3) is 0 Å². The lowest BCUT2D eigenvalue weighted by Crippen LogP contribution is -2.48. The zero-order valence-electron chi connectivity index (χ0n) is 14.4. The second-order valence-corrected chi connectivity index (χ2v) is 6.31. The minimum Gasteiger partial charge on any atom is -0.495 e. The van der Waals surface area contributed by atoms with Crippen molar-refractivity contribution < 1.29 is 9.53 Å². The number of ether oxygens (including phenoxy) is 1. The Morgan fingerprint density at radius 2 is 2.31 bits per heavy atom. The molecule has 1 aromatic heterocycles. The zero-order valence-corrected chi connectivity index (χ0v) is 16.0. The Labute approximate surface area is 164 Å². The van der Waals surface area contributed by atoms with E-state index in [0.717, 1.165) is 25.2 Å². The molecule has 0 radical (unpaired) electrons. The van der Waals surface area contributed by atoms with Crippen LogP contribution < -0.4 is 15.4 Å². The van der Waals surface area contributed by atoms with Crippen LogP contribution in [-0.2, 0) is 4.79 Å². The zero-order chi connectivity index (χ0) is 17.6. The van der Waals surface area contributed by atoms with Gasteiger partial charge in [-0.15, -0.1) is 12.4 Å². The summed E-state index contributed by atoms with van der Waals surface area (Å²) in [6.45, 7) is 2.72. The van der Waals surface area contributed by atoms with E-state index in [0.29, 0.717) is 16.5 Å². The lowest BCUT2D eigenvalue weighted by molar-refractivity contribution is -0.118. The highest BCUT2D eigenvalue weighted by Gasteiger charge is 2.25. The molecular formula is C18H22Cl2N4O2. The van der Waals surface area contributed by atoms with Gasteiger partial charge in [0.15, 0.2) is 0 Å². The Hall–Kier alpha value is -1.86. The lowest BCUT2D eigenvalue weighted by atomic mass is 10.1. The highest BCUT2D eigenvalue weighted by atomic mass is 35.5. The fraction of sp³-hybridized carbons (Fsp3) is 0.333. The lowest BCUT2D eigenvalue weighted by Gasteiger charge is -2.35. The van der Waals surface area contributed by atoms with Crippen molar-refractivity contribution in [3.8, 4) is 5.75 Å². The van der Waals surface area contributed by atoms with E-state index in [4.69, 9.17) is 16.3 Å². The van der Waals surface area contributed by atoms with Crippen molar-refractivity contribution in [2.24, 2.45) is 0 Å². The Morgan fingerprint density at radius 3 is 3.04 bits per heavy atom. The number of hydrogen-bond acceptors (Lipinski definition) is 5. The van der Waals surface area contributed by atoms with Crippen LogP contribution in [0.1, 0.15) is 11.6 Å². The summed E-state index contributed by atoms with van der Waals surface area (Å²) in [5.74, 6) is 0.484. The molecule has 6 nitrogen and oxygen atoms in total. The maximum absolute atomic E-state index is 12.5. The van der Waals surface area contributed by atoms with Gasteiger partial charge < -0.3 is 15.4 Å². The van der Waals surface area contributed by atoms with Crippen LogP contribution in [0.3, 0.4) is 0 Å². The van der Waals surface area contributed by atoms with Crippen LogP contribution in [0, 0.1) is 0 Å². The third kappa shape index (κ3) is 5.08. The van der Waals surface area contributed by atoms with Crippen LogP contribution in [0.25, 0.3) is 0 Å². The van der Waals surface area contributed by atoms with Crippen molar-refractivity contribution >= 4 is 35.6 Å². The van der Waals surface area contributed by atoms with Crippen LogP contribution in [0.15, 0.2) is 42.7 Å². The van der Waals surface area contributed by atoms with E-state index in [1.165, 1.54) is 0 Å². The van der Waals surface area contributed by atoms with E-state index in [1.54, 1.807) is 31.5 Å². The number of pyridine rings is 1. The Morgan fingerprint density at radius 1 is 1.46 bits per heavy atom. The molecule has 26 heavy (non-hydrogen) atoms. The van der Waals surface area contributed by atoms with Gasteiger partial charge in [0.05, 0.1) is 19.3 Å². The van der Waals surface area contributed by atoms with Crippen LogP contribution >= 0.6 is 24.0 Å². The molecule has 2 heterocycles. The summed E-state index contributed by atoms with van der Waals surface area (Å²) in [7, 11) is 1.56. The molecule has 2 N–H and O–H groups in total. The number of nitrogens with one attached hydrogen (secondary N) is 2. The van der Waals surface area contributed by atoms with Gasteiger partial charge in [0.2, 0.25) is 5.91 Å². The van der Waals surface area contributed by atoms with E-state index < -0.39 is 0 Å². The molecule has 0 bridgehead atoms. The van der Waals surface area contributed by atoms with Crippen molar-refractivity contribution in [1.29, 1.82) is 0 Å². The fourth-order valence-corrected chi connectivity index (χ4v) is 3.16. The molecule has 0 spiro atoms. The summed E-state index contributed by atoms with van der Waals surface area (Å²) in [6, 6.07) is 9.23. The smallest absolute Gasteiger partial charge is 0.238 e. The number of halogens is 2. The van der Waals surface area contributed by atoms with E-state index in [9.17, 15) is 4.79 Å². The number of piperazine rings is 1. The third-order valence-electron chi connectivity index (χ3n) is 4.21. The number of methoxy groups -OCH3 is 1. The number of anilines is 1. The highest BCUT2D eigenvalue weighted by Crippen LogP contribution is 2.28. The van der Waals surface area contributed by atoms with Crippen molar-refractivity contribution in [3.63, 3.8) is 0 Å². The number of carbonyl (C=O) groups excluding carboxylic acids is 1. The van der Waals surface area contributed by atoms with Crippen LogP contribution in [-0.4, -0.2) is 49.1 Å². The first kappa shape index (κ1) is 20.5. The summed E-state index contributed by atoms with van der Waals surface area (Å²) in [6.07, 6.45) is 3.60. The topological polar surface area (TPSA) is 66.5 Å². The van der Waals surface area contributed by atoms with Gasteiger partial charge in [-0.05, 0) is 29.8 Å². The van der Waals surface area contributed by atoms with Crippen molar-refractivity contribution in [1.82, 2.24) is 15.2 Å². The molecule has 140 valence electrons. The summed E-state index contributed by atoms with van der Waals surface area (Å²) < 4.78 is 5.28. The molecule has 1 unspecified atom stereocenters. The molecule has 1 aromatic carbocycles. The van der Waals surface area contributed by atoms with E-state index in [2.05, 4.69) is 20.5 Å². The molecule has 2 aromatic rings. The number of hydrogen-bond donors (Lipinski definition) is 2. The quantitative estimate of drug-likeness (QED) is 0.812. The first-order chi connectivity index (χ1) is 12.2. The van der Waals surface area contributed by atoms with E-state index >= 15 is 0 Å². The molecule has 1 amide bonds. The first-order valence-corrected chi connectivity index (χ1v) is 8.53. The van der Waals surface area contributed by atoms with Crippen LogP contribution in [0.2, 0.25) is 5.02 Å². The van der Waals surface area contributed by atoms with E-state index in [1.807, 2.05) is 18.3 Å². The standard InChI is InChI=1S/C18H21ClN4O2.ClH/c1-25-17-5-4-14(19)9-15(17)22-18(24)12-23-8-7-21-11-16(23)13-3-2-6-20-10-13;/h2-6,9-10,16,21H,7-8,11-12H2,1H3,(H,22,24);1H. The molecule has 0 saturated carbocycles. The monoisotopic (exact) mass is 396 g/mol. The predicted molar refractivity (Wildman–Crippen MR) is 105 cm³/mol. The second-order valence-electron chi connectivity index (χ2n) is 5.87. The third-order valence-corrected chi connectivity index (χ3v) is 4.44. The van der Waals surface area contributed by atoms with Gasteiger partial charge in [-0.2, -0.15) is 0 Å². The largest absolute Gasteiger partial charge is 0.495 e. The minimum atomic E-state index is -0.101. The summed E-state index contributed by atoms with van der Waals surface area (Å²) >= 11 is 6.02. The molecule has 1 atom stereocenters.